The molecule has 0 bridgehead atoms. The maximum absolute atomic E-state index is 10.0. The normalized spacial score (nSPS) is 13.3. The zero-order valence-electron chi connectivity index (χ0n) is 51.0. The molecule has 11 heteroatoms. The average Bonchev–Trinajstić information content (AvgIpc) is 1.48. The van der Waals surface area contributed by atoms with E-state index in [1.165, 1.54) is 21.5 Å². The molecule has 1 aliphatic carbocycles. The van der Waals surface area contributed by atoms with E-state index in [0.29, 0.717) is 22.7 Å². The number of rotatable bonds is 5. The van der Waals surface area contributed by atoms with Crippen molar-refractivity contribution < 1.29 is 4.74 Å². The second-order valence-electron chi connectivity index (χ2n) is 25.1. The molecule has 0 saturated carbocycles. The number of para-hydroxylation sites is 7. The fourth-order valence-corrected chi connectivity index (χ4v) is 17.5. The van der Waals surface area contributed by atoms with Crippen LogP contribution in [0.5, 0.6) is 11.5 Å². The molecule has 21 rings (SSSR count). The number of hydrogen-bond donors (Lipinski definition) is 0. The summed E-state index contributed by atoms with van der Waals surface area (Å²) in [5.74, 6) is 1.39. The standard InChI is InChI=1S/C85H47N9OS/c1-87-51-31-38-75-63(41-51)61-20-6-12-26-73(61)90(75)53-32-35-65-79(45-53)95-80-46-54(91-74-27-13-7-21-62(74)64-42-52(34-39-76(64)91)92-77-28-14-15-29-81(77)96-82-40-50(47-86)30-37-78(82)92)33-36-66(80)85(65)67-43-55(93-69-22-8-2-16-57(69)58-17-3-9-23-70(58)93)48-88-83(67)84-68(85)44-56(49-89-84)94-71-24-10-4-18-59(71)60-19-5-11-25-72(60)94/h2-46,48-49H. The minimum atomic E-state index is -1.07. The van der Waals surface area contributed by atoms with Crippen molar-refractivity contribution in [3.63, 3.8) is 0 Å². The largest absolute Gasteiger partial charge is 0.457 e. The van der Waals surface area contributed by atoms with E-state index in [1.54, 1.807) is 11.8 Å². The lowest BCUT2D eigenvalue weighted by atomic mass is 9.66. The number of hydrogen-bond acceptors (Lipinski definition) is 6. The Balaban J connectivity index is 0.841. The number of aromatic nitrogens is 6. The molecule has 0 N–H and O–H groups in total. The Hall–Kier alpha value is -12.9. The summed E-state index contributed by atoms with van der Waals surface area (Å²) in [6, 6.07) is 99.6. The topological polar surface area (TPSA) is 86.1 Å². The molecule has 12 aromatic carbocycles. The number of pyridine rings is 2. The van der Waals surface area contributed by atoms with Crippen molar-refractivity contribution in [3.8, 4) is 51.7 Å². The van der Waals surface area contributed by atoms with Crippen LogP contribution in [0.4, 0.5) is 22.7 Å². The molecule has 0 atom stereocenters. The lowest BCUT2D eigenvalue weighted by Gasteiger charge is -2.39. The van der Waals surface area contributed by atoms with Gasteiger partial charge in [-0.15, -0.1) is 0 Å². The van der Waals surface area contributed by atoms with Gasteiger partial charge in [0.15, 0.2) is 5.69 Å². The van der Waals surface area contributed by atoms with Gasteiger partial charge in [0.2, 0.25) is 0 Å². The van der Waals surface area contributed by atoms with Crippen LogP contribution in [-0.2, 0) is 5.41 Å². The van der Waals surface area contributed by atoms with Crippen LogP contribution >= 0.6 is 11.8 Å². The second-order valence-corrected chi connectivity index (χ2v) is 26.1. The second kappa shape index (κ2) is 19.6. The molecule has 8 heterocycles. The van der Waals surface area contributed by atoms with E-state index in [9.17, 15) is 5.26 Å². The van der Waals surface area contributed by atoms with Crippen molar-refractivity contribution >= 4 is 122 Å². The molecule has 3 aliphatic rings. The predicted molar refractivity (Wildman–Crippen MR) is 387 cm³/mol. The van der Waals surface area contributed by atoms with E-state index < -0.39 is 5.41 Å². The molecule has 2 aliphatic heterocycles. The first kappa shape index (κ1) is 52.7. The SMILES string of the molecule is [C-]#[N+]c1ccc2c(c1)c1ccccc1n2-c1ccc2c(c1)Oc1cc(-n3c4ccccc4c4cc(N5c6ccccc6Sc6cc(C#N)ccc65)ccc43)ccc1C21c2cc(-n3c4ccccc4c4ccccc43)cnc2-c2ncc(-n3c4ccccc4c4ccccc43)cc21. The van der Waals surface area contributed by atoms with Crippen molar-refractivity contribution in [2.75, 3.05) is 4.90 Å². The fourth-order valence-electron chi connectivity index (χ4n) is 16.4. The van der Waals surface area contributed by atoms with E-state index >= 15 is 0 Å². The van der Waals surface area contributed by atoms with Gasteiger partial charge < -0.3 is 27.9 Å². The minimum Gasteiger partial charge on any atom is -0.457 e. The minimum absolute atomic E-state index is 0.590. The van der Waals surface area contributed by atoms with E-state index in [0.717, 1.165) is 149 Å². The van der Waals surface area contributed by atoms with Crippen molar-refractivity contribution in [3.05, 3.63) is 325 Å². The van der Waals surface area contributed by atoms with Crippen LogP contribution in [0.3, 0.4) is 0 Å². The number of anilines is 3. The van der Waals surface area contributed by atoms with Crippen LogP contribution in [0.1, 0.15) is 27.8 Å². The Bertz CT molecular complexity index is 6340. The molecule has 10 nitrogen and oxygen atoms in total. The van der Waals surface area contributed by atoms with Crippen LogP contribution < -0.4 is 9.64 Å². The molecule has 6 aromatic heterocycles. The van der Waals surface area contributed by atoms with Crippen LogP contribution in [0, 0.1) is 17.9 Å². The highest BCUT2D eigenvalue weighted by atomic mass is 32.2. The van der Waals surface area contributed by atoms with Gasteiger partial charge in [-0.05, 0) is 127 Å². The zero-order valence-corrected chi connectivity index (χ0v) is 51.8. The lowest BCUT2D eigenvalue weighted by molar-refractivity contribution is 0.436. The first-order valence-corrected chi connectivity index (χ1v) is 32.8. The van der Waals surface area contributed by atoms with Gasteiger partial charge in [-0.25, -0.2) is 4.85 Å². The van der Waals surface area contributed by atoms with Gasteiger partial charge >= 0.3 is 0 Å². The third kappa shape index (κ3) is 7.07. The quantitative estimate of drug-likeness (QED) is 0.160. The fraction of sp³-hybridized carbons (Fsp3) is 0.0118. The highest BCUT2D eigenvalue weighted by molar-refractivity contribution is 7.99. The number of benzene rings is 12. The van der Waals surface area contributed by atoms with Crippen LogP contribution in [0.25, 0.3) is 126 Å². The average molecular weight is 1240 g/mol. The van der Waals surface area contributed by atoms with Crippen LogP contribution in [0.2, 0.25) is 0 Å². The third-order valence-corrected chi connectivity index (χ3v) is 21.4. The summed E-state index contributed by atoms with van der Waals surface area (Å²) in [4.78, 5) is 19.6. The van der Waals surface area contributed by atoms with Crippen molar-refractivity contribution in [2.24, 2.45) is 0 Å². The molecule has 0 amide bonds. The summed E-state index contributed by atoms with van der Waals surface area (Å²) >= 11 is 1.70. The molecule has 1 spiro atoms. The van der Waals surface area contributed by atoms with Gasteiger partial charge in [-0.3, -0.25) is 9.97 Å². The molecule has 0 saturated heterocycles. The monoisotopic (exact) mass is 1240 g/mol. The Morgan fingerprint density at radius 3 is 1.28 bits per heavy atom. The maximum atomic E-state index is 10.0. The van der Waals surface area contributed by atoms with E-state index in [-0.39, 0.29) is 0 Å². The summed E-state index contributed by atoms with van der Waals surface area (Å²) in [5.41, 5.74) is 21.0. The molecule has 0 fully saturated rings. The van der Waals surface area contributed by atoms with E-state index in [4.69, 9.17) is 21.3 Å². The Kier molecular flexibility index (Phi) is 10.7. The van der Waals surface area contributed by atoms with Crippen molar-refractivity contribution in [2.45, 2.75) is 15.2 Å². The number of fused-ring (bicyclic) bond motifs is 23. The Labute approximate surface area is 553 Å². The number of nitriles is 1. The molecule has 18 aromatic rings. The summed E-state index contributed by atoms with van der Waals surface area (Å²) in [5, 5.41) is 18.9. The Morgan fingerprint density at radius 1 is 0.365 bits per heavy atom. The molecule has 96 heavy (non-hydrogen) atoms. The number of nitrogens with zero attached hydrogens (tertiary/aromatic N) is 9. The summed E-state index contributed by atoms with van der Waals surface area (Å²) in [6.45, 7) is 8.01. The summed E-state index contributed by atoms with van der Waals surface area (Å²) in [7, 11) is 0. The third-order valence-electron chi connectivity index (χ3n) is 20.3. The van der Waals surface area contributed by atoms with Gasteiger partial charge in [0.25, 0.3) is 0 Å². The van der Waals surface area contributed by atoms with Crippen molar-refractivity contribution in [1.82, 2.24) is 28.2 Å². The maximum Gasteiger partial charge on any atom is 0.188 e. The Morgan fingerprint density at radius 2 is 0.781 bits per heavy atom. The molecule has 0 unspecified atom stereocenters. The summed E-state index contributed by atoms with van der Waals surface area (Å²) < 4.78 is 17.1. The zero-order chi connectivity index (χ0) is 63.1. The molecule has 444 valence electrons. The van der Waals surface area contributed by atoms with Crippen LogP contribution in [-0.4, -0.2) is 28.2 Å². The summed E-state index contributed by atoms with van der Waals surface area (Å²) in [6.07, 6.45) is 4.05. The number of ether oxygens (including phenoxy) is 1. The van der Waals surface area contributed by atoms with Gasteiger partial charge in [0.05, 0.1) is 114 Å². The van der Waals surface area contributed by atoms with Gasteiger partial charge in [0, 0.05) is 98.9 Å². The first-order valence-electron chi connectivity index (χ1n) is 32.0. The molecular weight excluding hydrogens is 1200 g/mol. The van der Waals surface area contributed by atoms with Gasteiger partial charge in [-0.1, -0.05) is 151 Å². The lowest BCUT2D eigenvalue weighted by Crippen LogP contribution is -2.32. The van der Waals surface area contributed by atoms with Crippen molar-refractivity contribution in [1.29, 1.82) is 5.26 Å². The first-order chi connectivity index (χ1) is 47.5. The van der Waals surface area contributed by atoms with Crippen LogP contribution in [0.15, 0.2) is 295 Å². The highest BCUT2D eigenvalue weighted by Crippen LogP contribution is 2.63. The van der Waals surface area contributed by atoms with E-state index in [2.05, 4.69) is 283 Å². The molecular formula is C85H47N9OS. The van der Waals surface area contributed by atoms with Gasteiger partial charge in [0.1, 0.15) is 11.5 Å². The highest BCUT2D eigenvalue weighted by Gasteiger charge is 2.53. The van der Waals surface area contributed by atoms with Gasteiger partial charge in [-0.2, -0.15) is 5.26 Å². The van der Waals surface area contributed by atoms with E-state index in [1.807, 2.05) is 36.7 Å². The predicted octanol–water partition coefficient (Wildman–Crippen LogP) is 21.7. The molecule has 0 radical (unpaired) electrons. The smallest absolute Gasteiger partial charge is 0.188 e.